The van der Waals surface area contributed by atoms with Crippen LogP contribution in [0.3, 0.4) is 0 Å². The van der Waals surface area contributed by atoms with Gasteiger partial charge < -0.3 is 5.11 Å². The van der Waals surface area contributed by atoms with Gasteiger partial charge in [0.1, 0.15) is 0 Å². The van der Waals surface area contributed by atoms with Crippen LogP contribution in [0.4, 0.5) is 0 Å². The van der Waals surface area contributed by atoms with Gasteiger partial charge in [-0.15, -0.1) is 11.3 Å². The first-order valence-corrected chi connectivity index (χ1v) is 4.80. The molecule has 0 aliphatic heterocycles. The Morgan fingerprint density at radius 3 is 2.92 bits per heavy atom. The van der Waals surface area contributed by atoms with E-state index in [0.717, 1.165) is 4.47 Å². The van der Waals surface area contributed by atoms with Gasteiger partial charge in [-0.1, -0.05) is 0 Å². The number of hydrogen-bond acceptors (Lipinski definition) is 4. The van der Waals surface area contributed by atoms with E-state index in [-0.39, 0.29) is 0 Å². The van der Waals surface area contributed by atoms with Crippen LogP contribution >= 0.6 is 27.3 Å². The molecule has 0 fully saturated rings. The number of nitro groups is 1. The van der Waals surface area contributed by atoms with Gasteiger partial charge in [0, 0.05) is 19.7 Å². The summed E-state index contributed by atoms with van der Waals surface area (Å²) in [6.07, 6.45) is -0.990. The first kappa shape index (κ1) is 9.63. The predicted octanol–water partition coefficient (Wildman–Crippen LogP) is 1.82. The highest BCUT2D eigenvalue weighted by atomic mass is 79.9. The maximum Gasteiger partial charge on any atom is 0.234 e. The molecular weight excluding hydrogens is 246 g/mol. The molecule has 1 heterocycles. The summed E-state index contributed by atoms with van der Waals surface area (Å²) in [4.78, 5) is 10.1. The van der Waals surface area contributed by atoms with Crippen molar-refractivity contribution in [2.45, 2.75) is 6.10 Å². The zero-order chi connectivity index (χ0) is 9.14. The summed E-state index contributed by atoms with van der Waals surface area (Å²) in [6, 6.07) is 1.68. The van der Waals surface area contributed by atoms with Crippen molar-refractivity contribution in [3.8, 4) is 0 Å². The molecule has 0 amide bonds. The molecule has 12 heavy (non-hydrogen) atoms. The average molecular weight is 252 g/mol. The molecule has 1 aromatic heterocycles. The molecule has 66 valence electrons. The summed E-state index contributed by atoms with van der Waals surface area (Å²) in [7, 11) is 0. The molecule has 1 rings (SSSR count). The number of thiophene rings is 1. The molecule has 1 atom stereocenters. The zero-order valence-corrected chi connectivity index (χ0v) is 8.34. The van der Waals surface area contributed by atoms with Crippen LogP contribution in [-0.2, 0) is 0 Å². The average Bonchev–Trinajstić information content (AvgIpc) is 2.34. The van der Waals surface area contributed by atoms with Crippen molar-refractivity contribution in [2.75, 3.05) is 6.54 Å². The van der Waals surface area contributed by atoms with Crippen molar-refractivity contribution in [1.82, 2.24) is 0 Å². The Morgan fingerprint density at radius 2 is 2.50 bits per heavy atom. The Kier molecular flexibility index (Phi) is 3.19. The molecule has 1 aromatic rings. The molecule has 0 saturated heterocycles. The lowest BCUT2D eigenvalue weighted by atomic mass is 10.3. The molecular formula is C6H6BrNO3S. The summed E-state index contributed by atoms with van der Waals surface area (Å²) in [6.45, 7) is -0.438. The van der Waals surface area contributed by atoms with E-state index in [4.69, 9.17) is 0 Å². The van der Waals surface area contributed by atoms with Crippen molar-refractivity contribution in [3.63, 3.8) is 0 Å². The largest absolute Gasteiger partial charge is 0.381 e. The molecule has 0 aliphatic carbocycles. The number of halogens is 1. The fourth-order valence-electron chi connectivity index (χ4n) is 0.734. The highest BCUT2D eigenvalue weighted by Crippen LogP contribution is 2.25. The van der Waals surface area contributed by atoms with Gasteiger partial charge in [0.15, 0.2) is 6.10 Å². The van der Waals surface area contributed by atoms with Gasteiger partial charge in [0.2, 0.25) is 6.54 Å². The molecule has 0 aliphatic rings. The minimum absolute atomic E-state index is 0.438. The number of aliphatic hydroxyl groups excluding tert-OH is 1. The Morgan fingerprint density at radius 1 is 1.83 bits per heavy atom. The molecule has 4 nitrogen and oxygen atoms in total. The fraction of sp³-hybridized carbons (Fsp3) is 0.333. The van der Waals surface area contributed by atoms with Gasteiger partial charge in [0.25, 0.3) is 0 Å². The van der Waals surface area contributed by atoms with E-state index >= 15 is 0 Å². The second-order valence-corrected chi connectivity index (χ2v) is 4.06. The second kappa shape index (κ2) is 3.97. The van der Waals surface area contributed by atoms with Crippen LogP contribution in [-0.4, -0.2) is 16.6 Å². The normalized spacial score (nSPS) is 12.8. The molecule has 1 unspecified atom stereocenters. The van der Waals surface area contributed by atoms with Crippen LogP contribution < -0.4 is 0 Å². The maximum atomic E-state index is 10.0. The molecule has 0 aromatic carbocycles. The fourth-order valence-corrected chi connectivity index (χ4v) is 2.16. The highest BCUT2D eigenvalue weighted by molar-refractivity contribution is 9.10. The van der Waals surface area contributed by atoms with Gasteiger partial charge in [-0.3, -0.25) is 10.1 Å². The van der Waals surface area contributed by atoms with Crippen LogP contribution in [0.1, 0.15) is 11.0 Å². The third-order valence-corrected chi connectivity index (χ3v) is 3.03. The van der Waals surface area contributed by atoms with E-state index < -0.39 is 17.6 Å². The first-order chi connectivity index (χ1) is 5.59. The van der Waals surface area contributed by atoms with Crippen LogP contribution in [0, 0.1) is 10.1 Å². The molecule has 0 radical (unpaired) electrons. The molecule has 0 saturated carbocycles. The summed E-state index contributed by atoms with van der Waals surface area (Å²) in [5.41, 5.74) is 0. The van der Waals surface area contributed by atoms with Crippen molar-refractivity contribution in [2.24, 2.45) is 0 Å². The minimum atomic E-state index is -0.990. The van der Waals surface area contributed by atoms with Gasteiger partial charge in [-0.25, -0.2) is 0 Å². The number of hydrogen-bond donors (Lipinski definition) is 1. The Hall–Kier alpha value is -0.460. The minimum Gasteiger partial charge on any atom is -0.381 e. The smallest absolute Gasteiger partial charge is 0.234 e. The third kappa shape index (κ3) is 2.54. The Balaban J connectivity index is 2.64. The van der Waals surface area contributed by atoms with E-state index in [9.17, 15) is 15.2 Å². The van der Waals surface area contributed by atoms with E-state index in [1.54, 1.807) is 11.4 Å². The van der Waals surface area contributed by atoms with E-state index in [2.05, 4.69) is 15.9 Å². The molecule has 6 heteroatoms. The number of nitrogens with zero attached hydrogens (tertiary/aromatic N) is 1. The monoisotopic (exact) mass is 251 g/mol. The molecule has 0 bridgehead atoms. The predicted molar refractivity (Wildman–Crippen MR) is 48.8 cm³/mol. The van der Waals surface area contributed by atoms with Gasteiger partial charge in [0.05, 0.1) is 0 Å². The summed E-state index contributed by atoms with van der Waals surface area (Å²) >= 11 is 4.49. The Bertz CT molecular complexity index is 288. The second-order valence-electron chi connectivity index (χ2n) is 2.20. The lowest BCUT2D eigenvalue weighted by Crippen LogP contribution is -2.10. The number of aliphatic hydroxyl groups is 1. The van der Waals surface area contributed by atoms with Crippen molar-refractivity contribution in [1.29, 1.82) is 0 Å². The molecule has 1 N–H and O–H groups in total. The SMILES string of the molecule is O=[N+]([O-])CC(O)c1cc(Br)cs1. The van der Waals surface area contributed by atoms with Crippen LogP contribution in [0.2, 0.25) is 0 Å². The van der Waals surface area contributed by atoms with Crippen LogP contribution in [0.5, 0.6) is 0 Å². The summed E-state index contributed by atoms with van der Waals surface area (Å²) < 4.78 is 0.838. The zero-order valence-electron chi connectivity index (χ0n) is 5.94. The van der Waals surface area contributed by atoms with Gasteiger partial charge in [-0.2, -0.15) is 0 Å². The Labute approximate surface area is 81.1 Å². The number of rotatable bonds is 3. The highest BCUT2D eigenvalue weighted by Gasteiger charge is 2.15. The van der Waals surface area contributed by atoms with Crippen molar-refractivity contribution < 1.29 is 10.0 Å². The maximum absolute atomic E-state index is 10.0. The van der Waals surface area contributed by atoms with Gasteiger partial charge >= 0.3 is 0 Å². The third-order valence-electron chi connectivity index (χ3n) is 1.24. The van der Waals surface area contributed by atoms with Gasteiger partial charge in [-0.05, 0) is 22.0 Å². The van der Waals surface area contributed by atoms with E-state index in [1.165, 1.54) is 11.3 Å². The summed E-state index contributed by atoms with van der Waals surface area (Å²) in [5.74, 6) is 0. The molecule has 0 spiro atoms. The topological polar surface area (TPSA) is 63.4 Å². The lowest BCUT2D eigenvalue weighted by Gasteiger charge is -2.00. The first-order valence-electron chi connectivity index (χ1n) is 3.13. The van der Waals surface area contributed by atoms with Crippen molar-refractivity contribution >= 4 is 27.3 Å². The van der Waals surface area contributed by atoms with E-state index in [1.807, 2.05) is 0 Å². The quantitative estimate of drug-likeness (QED) is 0.659. The lowest BCUT2D eigenvalue weighted by molar-refractivity contribution is -0.491. The van der Waals surface area contributed by atoms with E-state index in [0.29, 0.717) is 4.88 Å². The standard InChI is InChI=1S/C6H6BrNO3S/c7-4-1-6(12-3-4)5(9)2-8(10)11/h1,3,5,9H,2H2. The van der Waals surface area contributed by atoms with Crippen molar-refractivity contribution in [3.05, 3.63) is 30.9 Å². The van der Waals surface area contributed by atoms with Crippen LogP contribution in [0.15, 0.2) is 15.9 Å². The van der Waals surface area contributed by atoms with Crippen LogP contribution in [0.25, 0.3) is 0 Å². The summed E-state index contributed by atoms with van der Waals surface area (Å²) in [5, 5.41) is 21.1.